The van der Waals surface area contributed by atoms with E-state index >= 15 is 0 Å². The number of fused-ring (bicyclic) bond motifs is 6. The topological polar surface area (TPSA) is 37.4 Å². The molecule has 129 heavy (non-hydrogen) atoms. The van der Waals surface area contributed by atoms with Gasteiger partial charge in [-0.05, 0) is 292 Å². The molecule has 0 N–H and O–H groups in total. The Labute approximate surface area is 761 Å². The van der Waals surface area contributed by atoms with E-state index in [4.69, 9.17) is 27.4 Å². The number of nitrogens with zero attached hydrogens (tertiary/aromatic N) is 3. The van der Waals surface area contributed by atoms with Crippen molar-refractivity contribution in [2.45, 2.75) is 137 Å². The van der Waals surface area contributed by atoms with Gasteiger partial charge in [-0.25, -0.2) is 0 Å². The molecule has 6 nitrogen and oxygen atoms in total. The Balaban J connectivity index is 0.678. The van der Waals surface area contributed by atoms with Crippen LogP contribution in [0.3, 0.4) is 0 Å². The van der Waals surface area contributed by atoms with Crippen LogP contribution in [-0.2, 0) is 40.1 Å². The van der Waals surface area contributed by atoms with Crippen LogP contribution < -0.4 is 19.4 Å². The van der Waals surface area contributed by atoms with Gasteiger partial charge in [0.1, 0.15) is 23.6 Å². The SMILES string of the molecule is C=C(C)C1=CC=CC(OCc2ccc(N(c3ccc4cc(C)ccc4c3)c3ccc4cc(C)ccc4c3)cc2)(C(CC)(c2ccc(C(C)(C)c3cccc(OCc4ccc(N(c5ccc6cc(C)ccc6c5)c5ccc6cc(C)ccc6c5)cc4)c3)cc2)C2(OCc3ccc(N(c4ccc5cc(C)ccc5c4)c4ccc5cc(C)ccc5c4)cc3)C=CC=C(C(=C)C)C2)C1. The summed E-state index contributed by atoms with van der Waals surface area (Å²) in [6.45, 7) is 34.6. The summed E-state index contributed by atoms with van der Waals surface area (Å²) in [4.78, 5) is 7.13. The first-order chi connectivity index (χ1) is 62.5. The normalized spacial score (nSPS) is 15.6. The van der Waals surface area contributed by atoms with Gasteiger partial charge in [-0.1, -0.05) is 333 Å². The molecule has 2 aliphatic rings. The molecule has 2 atom stereocenters. The molecule has 17 aromatic rings. The second kappa shape index (κ2) is 34.9. The van der Waals surface area contributed by atoms with Crippen molar-refractivity contribution in [1.29, 1.82) is 0 Å². The van der Waals surface area contributed by atoms with Gasteiger partial charge in [0.05, 0.1) is 18.6 Å². The molecule has 0 heterocycles. The number of hydrogen-bond acceptors (Lipinski definition) is 6. The fourth-order valence-corrected chi connectivity index (χ4v) is 20.1. The minimum atomic E-state index is -1.07. The van der Waals surface area contributed by atoms with Crippen LogP contribution in [0, 0.1) is 41.5 Å². The second-order valence-corrected chi connectivity index (χ2v) is 36.9. The minimum Gasteiger partial charge on any atom is -0.489 e. The summed E-state index contributed by atoms with van der Waals surface area (Å²) in [5.41, 5.74) is 24.3. The number of allylic oxidation sites excluding steroid dienone is 6. The summed E-state index contributed by atoms with van der Waals surface area (Å²) in [5.74, 6) is 0.804. The van der Waals surface area contributed by atoms with Gasteiger partial charge in [0.2, 0.25) is 0 Å². The largest absolute Gasteiger partial charge is 0.489 e. The Hall–Kier alpha value is -14.1. The maximum absolute atomic E-state index is 8.21. The fraction of sp³-hybridized carbons (Fsp3) is 0.171. The molecule has 0 amide bonds. The van der Waals surface area contributed by atoms with Gasteiger partial charge in [-0.2, -0.15) is 0 Å². The van der Waals surface area contributed by atoms with Crippen LogP contribution in [0.4, 0.5) is 51.2 Å². The van der Waals surface area contributed by atoms with Crippen LogP contribution in [0.15, 0.2) is 412 Å². The zero-order valence-corrected chi connectivity index (χ0v) is 76.0. The molecule has 19 rings (SSSR count). The van der Waals surface area contributed by atoms with Gasteiger partial charge < -0.3 is 28.9 Å². The van der Waals surface area contributed by atoms with E-state index in [0.717, 1.165) is 113 Å². The fourth-order valence-electron chi connectivity index (χ4n) is 20.1. The number of benzene rings is 17. The van der Waals surface area contributed by atoms with Crippen molar-refractivity contribution in [3.05, 3.63) is 478 Å². The quantitative estimate of drug-likeness (QED) is 0.0538. The Bertz CT molecular complexity index is 6820. The average Bonchev–Trinajstić information content (AvgIpc) is 0.692. The highest BCUT2D eigenvalue weighted by molar-refractivity contribution is 5.97. The van der Waals surface area contributed by atoms with E-state index in [2.05, 4.69) is 467 Å². The van der Waals surface area contributed by atoms with Crippen LogP contribution in [0.5, 0.6) is 5.75 Å². The number of rotatable bonds is 26. The highest BCUT2D eigenvalue weighted by Gasteiger charge is 2.64. The summed E-state index contributed by atoms with van der Waals surface area (Å²) >= 11 is 0. The molecule has 0 radical (unpaired) electrons. The third-order valence-corrected chi connectivity index (χ3v) is 27.4. The molecule has 636 valence electrons. The Morgan fingerprint density at radius 2 is 0.574 bits per heavy atom. The second-order valence-electron chi connectivity index (χ2n) is 36.9. The summed E-state index contributed by atoms with van der Waals surface area (Å²) < 4.78 is 23.3. The molecule has 0 fully saturated rings. The summed E-state index contributed by atoms with van der Waals surface area (Å²) in [7, 11) is 0. The molecule has 0 saturated carbocycles. The highest BCUT2D eigenvalue weighted by atomic mass is 16.5. The summed E-state index contributed by atoms with van der Waals surface area (Å²) in [6.07, 6.45) is 15.3. The van der Waals surface area contributed by atoms with Crippen LogP contribution in [0.25, 0.3) is 64.6 Å². The molecule has 0 aromatic heterocycles. The van der Waals surface area contributed by atoms with E-state index in [-0.39, 0.29) is 0 Å². The van der Waals surface area contributed by atoms with Gasteiger partial charge in [0.25, 0.3) is 0 Å². The Kier molecular flexibility index (Phi) is 22.8. The summed E-state index contributed by atoms with van der Waals surface area (Å²) in [6, 6.07) is 126. The van der Waals surface area contributed by atoms with Crippen LogP contribution in [0.1, 0.15) is 121 Å². The first kappa shape index (κ1) is 84.4. The predicted molar refractivity (Wildman–Crippen MR) is 546 cm³/mol. The van der Waals surface area contributed by atoms with Gasteiger partial charge in [-0.15, -0.1) is 0 Å². The van der Waals surface area contributed by atoms with Crippen LogP contribution in [-0.4, -0.2) is 11.2 Å². The standard InChI is InChI=1S/C123H111N3O3/c1-14-123(121(62-16-18-105(77-121)82(2)3)128-80-91-30-52-111(53-31-91)125(115-58-42-95-66-86(8)24-36-101(95)72-115)116-59-43-96-67-87(9)25-37-102(96)73-116,122(63-17-19-106(78-122)83(4)5)129-81-92-32-54-112(55-33-92)126(117-60-44-97-68-88(10)26-38-103(97)74-117)118-61-45-98-69-89(11)27-39-104(98)75-118)108-48-46-107(47-49-108)120(12,13)109-20-15-21-119(76-109)127-79-90-28-50-110(51-29-90)124(113-56-40-93-64-84(6)22-34-99(93)70-113)114-57-41-94-65-85(7)23-35-100(94)71-114/h15-76H,2,4,14,77-81H2,1,3,5-13H3. The van der Waals surface area contributed by atoms with E-state index < -0.39 is 22.0 Å². The van der Waals surface area contributed by atoms with Crippen molar-refractivity contribution in [2.24, 2.45) is 0 Å². The molecular formula is C123H111N3O3. The van der Waals surface area contributed by atoms with E-state index in [9.17, 15) is 0 Å². The lowest BCUT2D eigenvalue weighted by atomic mass is 9.51. The summed E-state index contributed by atoms with van der Waals surface area (Å²) in [5, 5.41) is 14.4. The lowest BCUT2D eigenvalue weighted by Gasteiger charge is -2.59. The number of anilines is 9. The first-order valence-electron chi connectivity index (χ1n) is 45.4. The molecule has 0 saturated heterocycles. The van der Waals surface area contributed by atoms with Crippen molar-refractivity contribution in [3.63, 3.8) is 0 Å². The molecule has 0 bridgehead atoms. The zero-order valence-electron chi connectivity index (χ0n) is 76.0. The maximum atomic E-state index is 8.21. The first-order valence-corrected chi connectivity index (χ1v) is 45.4. The minimum absolute atomic E-state index is 0.292. The highest BCUT2D eigenvalue weighted by Crippen LogP contribution is 2.60. The zero-order chi connectivity index (χ0) is 88.9. The van der Waals surface area contributed by atoms with Gasteiger partial charge in [-0.3, -0.25) is 0 Å². The van der Waals surface area contributed by atoms with E-state index in [1.54, 1.807) is 0 Å². The maximum Gasteiger partial charge on any atom is 0.120 e. The van der Waals surface area contributed by atoms with E-state index in [1.165, 1.54) is 98.0 Å². The molecular weight excluding hydrogens is 1570 g/mol. The van der Waals surface area contributed by atoms with Crippen LogP contribution in [0.2, 0.25) is 0 Å². The van der Waals surface area contributed by atoms with Crippen molar-refractivity contribution in [1.82, 2.24) is 0 Å². The van der Waals surface area contributed by atoms with Crippen molar-refractivity contribution in [3.8, 4) is 5.75 Å². The van der Waals surface area contributed by atoms with Gasteiger partial charge >= 0.3 is 0 Å². The predicted octanol–water partition coefficient (Wildman–Crippen LogP) is 33.3. The smallest absolute Gasteiger partial charge is 0.120 e. The molecule has 0 spiro atoms. The van der Waals surface area contributed by atoms with Crippen molar-refractivity contribution in [2.75, 3.05) is 14.7 Å². The van der Waals surface area contributed by atoms with Crippen LogP contribution >= 0.6 is 0 Å². The van der Waals surface area contributed by atoms with Gasteiger partial charge in [0.15, 0.2) is 0 Å². The number of hydrogen-bond donors (Lipinski definition) is 0. The average molecular weight is 1680 g/mol. The van der Waals surface area contributed by atoms with Crippen molar-refractivity contribution < 1.29 is 14.2 Å². The third-order valence-electron chi connectivity index (χ3n) is 27.4. The molecule has 17 aromatic carbocycles. The van der Waals surface area contributed by atoms with Crippen molar-refractivity contribution >= 4 is 116 Å². The Morgan fingerprint density at radius 3 is 0.868 bits per heavy atom. The molecule has 6 heteroatoms. The molecule has 0 aliphatic heterocycles. The van der Waals surface area contributed by atoms with E-state index in [1.807, 2.05) is 0 Å². The molecule has 2 unspecified atom stereocenters. The Morgan fingerprint density at radius 1 is 0.302 bits per heavy atom. The number of aryl methyl sites for hydroxylation is 6. The third kappa shape index (κ3) is 16.7. The number of ether oxygens (including phenoxy) is 3. The van der Waals surface area contributed by atoms with Gasteiger partial charge in [0, 0.05) is 69.4 Å². The lowest BCUT2D eigenvalue weighted by Crippen LogP contribution is -2.66. The molecule has 2 aliphatic carbocycles. The monoisotopic (exact) mass is 1680 g/mol. The van der Waals surface area contributed by atoms with E-state index in [0.29, 0.717) is 39.1 Å². The lowest BCUT2D eigenvalue weighted by molar-refractivity contribution is -0.171.